The lowest BCUT2D eigenvalue weighted by molar-refractivity contribution is -0.108. The summed E-state index contributed by atoms with van der Waals surface area (Å²) < 4.78 is 23.5. The van der Waals surface area contributed by atoms with Crippen LogP contribution in [-0.4, -0.2) is 20.1 Å². The number of rotatable bonds is 3. The van der Waals surface area contributed by atoms with Crippen molar-refractivity contribution in [1.29, 1.82) is 0 Å². The van der Waals surface area contributed by atoms with E-state index in [1.807, 2.05) is 6.92 Å². The Hall–Kier alpha value is -0.580. The van der Waals surface area contributed by atoms with Gasteiger partial charge in [0.05, 0.1) is 5.25 Å². The largest absolute Gasteiger partial charge is 0.278 e. The summed E-state index contributed by atoms with van der Waals surface area (Å²) in [6, 6.07) is 0. The molecule has 0 spiro atoms. The second-order valence-corrected chi connectivity index (χ2v) is 4.46. The molecule has 0 bridgehead atoms. The van der Waals surface area contributed by atoms with Gasteiger partial charge in [0.25, 0.3) is 0 Å². The van der Waals surface area contributed by atoms with E-state index in [2.05, 4.69) is 0 Å². The molecule has 1 aliphatic carbocycles. The van der Waals surface area contributed by atoms with Crippen LogP contribution < -0.4 is 4.72 Å². The van der Waals surface area contributed by atoms with Gasteiger partial charge in [0.2, 0.25) is 16.4 Å². The fourth-order valence-electron chi connectivity index (χ4n) is 0.875. The summed E-state index contributed by atoms with van der Waals surface area (Å²) in [5, 5.41) is -0.335. The zero-order valence-corrected chi connectivity index (χ0v) is 6.39. The normalized spacial score (nSPS) is 31.3. The summed E-state index contributed by atoms with van der Waals surface area (Å²) in [6.45, 7) is 1.84. The minimum Gasteiger partial charge on any atom is -0.278 e. The smallest absolute Gasteiger partial charge is 0.237 e. The quantitative estimate of drug-likeness (QED) is 0.569. The summed E-state index contributed by atoms with van der Waals surface area (Å²) in [6.07, 6.45) is 0.879. The average Bonchev–Trinajstić information content (AvgIpc) is 2.46. The SMILES string of the molecule is C[C@H]1CC1S(=O)(=O)NC=O. The molecule has 0 aromatic carbocycles. The van der Waals surface area contributed by atoms with Crippen molar-refractivity contribution in [3.05, 3.63) is 0 Å². The average molecular weight is 163 g/mol. The Morgan fingerprint density at radius 1 is 1.60 bits per heavy atom. The standard InChI is InChI=1S/C5H9NO3S/c1-4-2-5(4)10(8,9)6-3-7/h3-5H,2H2,1H3,(H,6,7)/t4-,5?/m0/s1. The molecule has 0 aromatic heterocycles. The Bertz CT molecular complexity index is 233. The molecular formula is C5H9NO3S. The van der Waals surface area contributed by atoms with Crippen molar-refractivity contribution >= 4 is 16.4 Å². The number of sulfonamides is 1. The molecule has 0 radical (unpaired) electrons. The van der Waals surface area contributed by atoms with E-state index in [1.54, 1.807) is 4.72 Å². The highest BCUT2D eigenvalue weighted by molar-refractivity contribution is 7.90. The van der Waals surface area contributed by atoms with Crippen LogP contribution >= 0.6 is 0 Å². The zero-order chi connectivity index (χ0) is 7.78. The number of carbonyl (C=O) groups is 1. The maximum atomic E-state index is 10.9. The van der Waals surface area contributed by atoms with Crippen molar-refractivity contribution in [2.75, 3.05) is 0 Å². The first-order chi connectivity index (χ1) is 4.58. The van der Waals surface area contributed by atoms with Crippen LogP contribution in [0.1, 0.15) is 13.3 Å². The van der Waals surface area contributed by atoms with Gasteiger partial charge in [-0.05, 0) is 12.3 Å². The third-order valence-electron chi connectivity index (χ3n) is 1.65. The van der Waals surface area contributed by atoms with E-state index in [9.17, 15) is 13.2 Å². The number of hydrogen-bond acceptors (Lipinski definition) is 3. The van der Waals surface area contributed by atoms with Crippen molar-refractivity contribution in [2.24, 2.45) is 5.92 Å². The van der Waals surface area contributed by atoms with E-state index in [-0.39, 0.29) is 17.6 Å². The molecule has 0 aromatic rings. The summed E-state index contributed by atoms with van der Waals surface area (Å²) >= 11 is 0. The van der Waals surface area contributed by atoms with Crippen LogP contribution in [0.5, 0.6) is 0 Å². The Morgan fingerprint density at radius 2 is 2.10 bits per heavy atom. The second-order valence-electron chi connectivity index (χ2n) is 2.53. The van der Waals surface area contributed by atoms with E-state index >= 15 is 0 Å². The van der Waals surface area contributed by atoms with Crippen molar-refractivity contribution in [3.8, 4) is 0 Å². The van der Waals surface area contributed by atoms with Gasteiger partial charge in [-0.25, -0.2) is 8.42 Å². The molecule has 1 saturated carbocycles. The van der Waals surface area contributed by atoms with E-state index in [1.165, 1.54) is 0 Å². The lowest BCUT2D eigenvalue weighted by Crippen LogP contribution is -2.26. The highest BCUT2D eigenvalue weighted by Gasteiger charge is 2.43. The Balaban J connectivity index is 2.61. The molecule has 4 nitrogen and oxygen atoms in total. The first kappa shape index (κ1) is 7.53. The third-order valence-corrected chi connectivity index (χ3v) is 3.53. The third kappa shape index (κ3) is 1.29. The molecule has 1 rings (SSSR count). The minimum atomic E-state index is -3.30. The molecule has 0 heterocycles. The van der Waals surface area contributed by atoms with Gasteiger partial charge >= 0.3 is 0 Å². The molecule has 5 heteroatoms. The molecule has 1 amide bonds. The van der Waals surface area contributed by atoms with Gasteiger partial charge in [-0.2, -0.15) is 0 Å². The Labute approximate surface area is 59.7 Å². The van der Waals surface area contributed by atoms with Gasteiger partial charge in [0.1, 0.15) is 0 Å². The summed E-state index contributed by atoms with van der Waals surface area (Å²) in [4.78, 5) is 9.77. The molecular weight excluding hydrogens is 154 g/mol. The summed E-state index contributed by atoms with van der Waals surface area (Å²) in [7, 11) is -3.30. The van der Waals surface area contributed by atoms with Crippen LogP contribution in [0.25, 0.3) is 0 Å². The predicted molar refractivity (Wildman–Crippen MR) is 35.7 cm³/mol. The zero-order valence-electron chi connectivity index (χ0n) is 5.57. The monoisotopic (exact) mass is 163 g/mol. The van der Waals surface area contributed by atoms with Crippen LogP contribution in [0.3, 0.4) is 0 Å². The summed E-state index contributed by atoms with van der Waals surface area (Å²) in [5.41, 5.74) is 0. The highest BCUT2D eigenvalue weighted by atomic mass is 32.2. The van der Waals surface area contributed by atoms with Gasteiger partial charge < -0.3 is 0 Å². The molecule has 0 saturated heterocycles. The van der Waals surface area contributed by atoms with Gasteiger partial charge in [-0.1, -0.05) is 6.92 Å². The van der Waals surface area contributed by atoms with E-state index in [0.717, 1.165) is 0 Å². The van der Waals surface area contributed by atoms with E-state index in [4.69, 9.17) is 0 Å². The van der Waals surface area contributed by atoms with E-state index < -0.39 is 10.0 Å². The molecule has 1 unspecified atom stereocenters. The van der Waals surface area contributed by atoms with Crippen LogP contribution in [0, 0.1) is 5.92 Å². The van der Waals surface area contributed by atoms with Crippen LogP contribution in [0.4, 0.5) is 0 Å². The minimum absolute atomic E-state index is 0.206. The molecule has 1 fully saturated rings. The van der Waals surface area contributed by atoms with Gasteiger partial charge in [-0.3, -0.25) is 9.52 Å². The van der Waals surface area contributed by atoms with Crippen LogP contribution in [0.15, 0.2) is 0 Å². The molecule has 10 heavy (non-hydrogen) atoms. The van der Waals surface area contributed by atoms with Crippen LogP contribution in [0.2, 0.25) is 0 Å². The fourth-order valence-corrected chi connectivity index (χ4v) is 2.35. The second kappa shape index (κ2) is 2.23. The highest BCUT2D eigenvalue weighted by Crippen LogP contribution is 2.35. The lowest BCUT2D eigenvalue weighted by Gasteiger charge is -1.96. The lowest BCUT2D eigenvalue weighted by atomic mass is 10.5. The fraction of sp³-hybridized carbons (Fsp3) is 0.800. The Morgan fingerprint density at radius 3 is 2.40 bits per heavy atom. The van der Waals surface area contributed by atoms with Gasteiger partial charge in [-0.15, -0.1) is 0 Å². The van der Waals surface area contributed by atoms with Gasteiger partial charge in [0.15, 0.2) is 0 Å². The van der Waals surface area contributed by atoms with E-state index in [0.29, 0.717) is 6.42 Å². The maximum absolute atomic E-state index is 10.9. The van der Waals surface area contributed by atoms with Crippen molar-refractivity contribution in [1.82, 2.24) is 4.72 Å². The predicted octanol–water partition coefficient (Wildman–Crippen LogP) is -0.529. The number of carbonyl (C=O) groups excluding carboxylic acids is 1. The number of amides is 1. The molecule has 58 valence electrons. The molecule has 2 atom stereocenters. The summed E-state index contributed by atoms with van der Waals surface area (Å²) in [5.74, 6) is 0.206. The van der Waals surface area contributed by atoms with Gasteiger partial charge in [0, 0.05) is 0 Å². The van der Waals surface area contributed by atoms with Crippen molar-refractivity contribution in [2.45, 2.75) is 18.6 Å². The van der Waals surface area contributed by atoms with Crippen LogP contribution in [-0.2, 0) is 14.8 Å². The first-order valence-corrected chi connectivity index (χ1v) is 4.57. The first-order valence-electron chi connectivity index (χ1n) is 3.02. The number of hydrogen-bond donors (Lipinski definition) is 1. The molecule has 0 aliphatic heterocycles. The molecule has 1 aliphatic rings. The molecule has 1 N–H and O–H groups in total. The van der Waals surface area contributed by atoms with Crippen molar-refractivity contribution in [3.63, 3.8) is 0 Å². The maximum Gasteiger partial charge on any atom is 0.237 e. The topological polar surface area (TPSA) is 63.2 Å². The Kier molecular flexibility index (Phi) is 1.68. The van der Waals surface area contributed by atoms with Crippen molar-refractivity contribution < 1.29 is 13.2 Å². The number of nitrogens with one attached hydrogen (secondary N) is 1.